The van der Waals surface area contributed by atoms with Crippen molar-refractivity contribution in [1.82, 2.24) is 19.2 Å². The highest BCUT2D eigenvalue weighted by Gasteiger charge is 2.24. The summed E-state index contributed by atoms with van der Waals surface area (Å²) in [5.74, 6) is 6.56. The van der Waals surface area contributed by atoms with E-state index in [0.29, 0.717) is 22.9 Å². The normalized spacial score (nSPS) is 11.0. The SMILES string of the molecule is Cc1c(C(F)F)[nH+]c2ccc(C#Cc3nc(-c4ccccc4)cn3C)nn12. The average molecular weight is 364 g/mol. The first-order valence-electron chi connectivity index (χ1n) is 8.33. The quantitative estimate of drug-likeness (QED) is 0.513. The van der Waals surface area contributed by atoms with Crippen molar-refractivity contribution in [1.29, 1.82) is 0 Å². The summed E-state index contributed by atoms with van der Waals surface area (Å²) in [5, 5.41) is 4.33. The van der Waals surface area contributed by atoms with Gasteiger partial charge < -0.3 is 4.57 Å². The molecule has 0 amide bonds. The second kappa shape index (κ2) is 6.65. The molecule has 1 N–H and O–H groups in total. The summed E-state index contributed by atoms with van der Waals surface area (Å²) in [6.07, 6.45) is -0.666. The molecule has 4 aromatic rings. The minimum absolute atomic E-state index is 0.135. The van der Waals surface area contributed by atoms with Gasteiger partial charge in [0.15, 0.2) is 17.2 Å². The molecule has 0 atom stereocenters. The minimum Gasteiger partial charge on any atom is -0.327 e. The van der Waals surface area contributed by atoms with Crippen LogP contribution in [0.25, 0.3) is 16.9 Å². The van der Waals surface area contributed by atoms with Crippen LogP contribution in [0.4, 0.5) is 8.78 Å². The third-order valence-electron chi connectivity index (χ3n) is 4.27. The molecule has 134 valence electrons. The Morgan fingerprint density at radius 3 is 2.59 bits per heavy atom. The Balaban J connectivity index is 1.69. The summed E-state index contributed by atoms with van der Waals surface area (Å²) in [6.45, 7) is 1.60. The van der Waals surface area contributed by atoms with E-state index in [1.807, 2.05) is 48.1 Å². The zero-order valence-corrected chi connectivity index (χ0v) is 14.7. The minimum atomic E-state index is -2.58. The second-order valence-corrected chi connectivity index (χ2v) is 6.12. The highest BCUT2D eigenvalue weighted by molar-refractivity contribution is 5.59. The maximum Gasteiger partial charge on any atom is 0.305 e. The summed E-state index contributed by atoms with van der Waals surface area (Å²) in [7, 11) is 1.88. The fraction of sp³-hybridized carbons (Fsp3) is 0.150. The van der Waals surface area contributed by atoms with Crippen LogP contribution in [0.3, 0.4) is 0 Å². The highest BCUT2D eigenvalue weighted by Crippen LogP contribution is 2.19. The van der Waals surface area contributed by atoms with Crippen molar-refractivity contribution < 1.29 is 13.8 Å². The molecule has 3 aromatic heterocycles. The van der Waals surface area contributed by atoms with Crippen molar-refractivity contribution >= 4 is 5.65 Å². The van der Waals surface area contributed by atoms with Crippen molar-refractivity contribution in [2.24, 2.45) is 7.05 Å². The molecule has 27 heavy (non-hydrogen) atoms. The van der Waals surface area contributed by atoms with Gasteiger partial charge in [-0.2, -0.15) is 0 Å². The van der Waals surface area contributed by atoms with Crippen LogP contribution < -0.4 is 4.98 Å². The van der Waals surface area contributed by atoms with E-state index < -0.39 is 6.43 Å². The Morgan fingerprint density at radius 1 is 1.07 bits per heavy atom. The molecule has 0 fully saturated rings. The molecule has 0 unspecified atom stereocenters. The number of H-pyrrole nitrogens is 1. The molecule has 4 rings (SSSR count). The molecule has 1 aromatic carbocycles. The highest BCUT2D eigenvalue weighted by atomic mass is 19.3. The van der Waals surface area contributed by atoms with E-state index in [1.165, 1.54) is 4.52 Å². The van der Waals surface area contributed by atoms with Gasteiger partial charge in [0.1, 0.15) is 0 Å². The van der Waals surface area contributed by atoms with Gasteiger partial charge in [0.25, 0.3) is 0 Å². The van der Waals surface area contributed by atoms with E-state index in [0.717, 1.165) is 11.3 Å². The number of imidazole rings is 2. The fourth-order valence-corrected chi connectivity index (χ4v) is 2.85. The van der Waals surface area contributed by atoms with Crippen molar-refractivity contribution in [3.63, 3.8) is 0 Å². The number of benzene rings is 1. The van der Waals surface area contributed by atoms with Gasteiger partial charge in [0.2, 0.25) is 5.69 Å². The average Bonchev–Trinajstić information content (AvgIpc) is 3.21. The van der Waals surface area contributed by atoms with Gasteiger partial charge in [-0.3, -0.25) is 0 Å². The Bertz CT molecular complexity index is 1180. The van der Waals surface area contributed by atoms with Crippen molar-refractivity contribution in [3.05, 3.63) is 71.6 Å². The molecule has 7 heteroatoms. The first kappa shape index (κ1) is 16.9. The number of aromatic amines is 1. The summed E-state index contributed by atoms with van der Waals surface area (Å²) >= 11 is 0. The van der Waals surface area contributed by atoms with Crippen LogP contribution in [0.2, 0.25) is 0 Å². The molecule has 5 nitrogen and oxygen atoms in total. The molecule has 0 bridgehead atoms. The number of hydrogen-bond acceptors (Lipinski definition) is 2. The van der Waals surface area contributed by atoms with Crippen LogP contribution in [0, 0.1) is 18.8 Å². The van der Waals surface area contributed by atoms with E-state index in [9.17, 15) is 8.78 Å². The van der Waals surface area contributed by atoms with Gasteiger partial charge in [-0.1, -0.05) is 39.9 Å². The van der Waals surface area contributed by atoms with Crippen LogP contribution in [0.15, 0.2) is 48.7 Å². The number of aromatic nitrogens is 5. The standard InChI is InChI=1S/C20H15F2N5/c1-13-19(20(21)22)24-18-11-9-15(25-27(13)18)8-10-17-23-16(12-26(17)2)14-6-4-3-5-7-14/h3-7,9,11-12,20H,1-2H3/p+1. The van der Waals surface area contributed by atoms with Gasteiger partial charge >= 0.3 is 12.1 Å². The van der Waals surface area contributed by atoms with Crippen molar-refractivity contribution in [3.8, 4) is 23.1 Å². The largest absolute Gasteiger partial charge is 0.327 e. The Morgan fingerprint density at radius 2 is 1.85 bits per heavy atom. The number of hydrogen-bond donors (Lipinski definition) is 0. The Hall–Kier alpha value is -3.53. The number of halogens is 2. The van der Waals surface area contributed by atoms with E-state index in [4.69, 9.17) is 0 Å². The molecule has 0 aliphatic rings. The molecular formula is C20H16F2N5+. The lowest BCUT2D eigenvalue weighted by atomic mass is 10.2. The number of aryl methyl sites for hydroxylation is 2. The molecule has 0 spiro atoms. The van der Waals surface area contributed by atoms with Gasteiger partial charge in [-0.25, -0.2) is 18.7 Å². The molecular weight excluding hydrogens is 348 g/mol. The predicted octanol–water partition coefficient (Wildman–Crippen LogP) is 3.19. The van der Waals surface area contributed by atoms with Crippen molar-refractivity contribution in [2.75, 3.05) is 0 Å². The summed E-state index contributed by atoms with van der Waals surface area (Å²) in [5.41, 5.74) is 3.05. The molecule has 3 heterocycles. The van der Waals surface area contributed by atoms with Gasteiger partial charge in [0.05, 0.1) is 5.69 Å². The fourth-order valence-electron chi connectivity index (χ4n) is 2.85. The Labute approximate surface area is 154 Å². The van der Waals surface area contributed by atoms with Crippen LogP contribution in [-0.4, -0.2) is 19.2 Å². The number of rotatable bonds is 2. The molecule has 0 saturated heterocycles. The Kier molecular flexibility index (Phi) is 4.16. The predicted molar refractivity (Wildman–Crippen MR) is 96.1 cm³/mol. The summed E-state index contributed by atoms with van der Waals surface area (Å²) in [4.78, 5) is 7.23. The number of alkyl halides is 2. The molecule has 0 radical (unpaired) electrons. The van der Waals surface area contributed by atoms with Gasteiger partial charge in [0, 0.05) is 31.8 Å². The zero-order valence-electron chi connectivity index (χ0n) is 14.7. The van der Waals surface area contributed by atoms with Crippen LogP contribution >= 0.6 is 0 Å². The van der Waals surface area contributed by atoms with Crippen molar-refractivity contribution in [2.45, 2.75) is 13.3 Å². The smallest absolute Gasteiger partial charge is 0.305 e. The maximum absolute atomic E-state index is 13.0. The van der Waals surface area contributed by atoms with E-state index >= 15 is 0 Å². The zero-order chi connectivity index (χ0) is 19.0. The van der Waals surface area contributed by atoms with E-state index in [2.05, 4.69) is 26.9 Å². The number of fused-ring (bicyclic) bond motifs is 1. The first-order chi connectivity index (χ1) is 13.0. The first-order valence-corrected chi connectivity index (χ1v) is 8.33. The van der Waals surface area contributed by atoms with Crippen LogP contribution in [0.5, 0.6) is 0 Å². The molecule has 0 aliphatic carbocycles. The van der Waals surface area contributed by atoms with Gasteiger partial charge in [-0.05, 0) is 17.9 Å². The third-order valence-corrected chi connectivity index (χ3v) is 4.27. The molecule has 0 aliphatic heterocycles. The number of nitrogens with zero attached hydrogens (tertiary/aromatic N) is 4. The second-order valence-electron chi connectivity index (χ2n) is 6.12. The lowest BCUT2D eigenvalue weighted by Gasteiger charge is -1.92. The lowest BCUT2D eigenvalue weighted by molar-refractivity contribution is -0.369. The molecule has 0 saturated carbocycles. The van der Waals surface area contributed by atoms with Crippen LogP contribution in [-0.2, 0) is 7.05 Å². The monoisotopic (exact) mass is 364 g/mol. The summed E-state index contributed by atoms with van der Waals surface area (Å²) in [6, 6.07) is 13.2. The maximum atomic E-state index is 13.0. The van der Waals surface area contributed by atoms with E-state index in [1.54, 1.807) is 19.1 Å². The van der Waals surface area contributed by atoms with Crippen LogP contribution in [0.1, 0.15) is 29.3 Å². The number of nitrogens with one attached hydrogen (secondary N) is 1. The summed E-state index contributed by atoms with van der Waals surface area (Å²) < 4.78 is 29.3. The topological polar surface area (TPSA) is 49.3 Å². The third kappa shape index (κ3) is 3.17. The van der Waals surface area contributed by atoms with Gasteiger partial charge in [-0.15, -0.1) is 0 Å². The van der Waals surface area contributed by atoms with E-state index in [-0.39, 0.29) is 5.69 Å². The lowest BCUT2D eigenvalue weighted by Crippen LogP contribution is -2.07.